The summed E-state index contributed by atoms with van der Waals surface area (Å²) in [6, 6.07) is 5.39. The van der Waals surface area contributed by atoms with E-state index in [9.17, 15) is 4.79 Å². The number of carbonyl (C=O) groups excluding carboxylic acids is 1. The van der Waals surface area contributed by atoms with E-state index in [0.29, 0.717) is 25.4 Å². The Morgan fingerprint density at radius 2 is 2.32 bits per heavy atom. The van der Waals surface area contributed by atoms with Crippen LogP contribution in [0.5, 0.6) is 0 Å². The number of methoxy groups -OCH3 is 1. The second kappa shape index (κ2) is 6.27. The fraction of sp³-hybridized carbons (Fsp3) is 0.438. The molecular formula is C16H20N4O2. The van der Waals surface area contributed by atoms with Gasteiger partial charge in [0.25, 0.3) is 5.91 Å². The summed E-state index contributed by atoms with van der Waals surface area (Å²) >= 11 is 0. The smallest absolute Gasteiger partial charge is 0.272 e. The summed E-state index contributed by atoms with van der Waals surface area (Å²) in [7, 11) is 1.69. The molecule has 2 aromatic rings. The molecule has 0 radical (unpaired) electrons. The third-order valence-electron chi connectivity index (χ3n) is 3.99. The molecule has 3 rings (SSSR count). The molecule has 0 aromatic carbocycles. The first kappa shape index (κ1) is 14.7. The first-order valence-electron chi connectivity index (χ1n) is 7.48. The number of fused-ring (bicyclic) bond motifs is 1. The van der Waals surface area contributed by atoms with Gasteiger partial charge in [-0.3, -0.25) is 14.5 Å². The molecule has 0 saturated heterocycles. The Labute approximate surface area is 129 Å². The average molecular weight is 300 g/mol. The molecule has 116 valence electrons. The highest BCUT2D eigenvalue weighted by Crippen LogP contribution is 2.29. The molecule has 0 fully saturated rings. The molecule has 2 aromatic heterocycles. The van der Waals surface area contributed by atoms with Crippen molar-refractivity contribution in [1.82, 2.24) is 19.7 Å². The van der Waals surface area contributed by atoms with Gasteiger partial charge in [0, 0.05) is 44.4 Å². The number of nitrogens with zero attached hydrogens (tertiary/aromatic N) is 4. The molecule has 0 saturated carbocycles. The number of rotatable bonds is 4. The summed E-state index contributed by atoms with van der Waals surface area (Å²) in [5.41, 5.74) is 2.76. The van der Waals surface area contributed by atoms with E-state index >= 15 is 0 Å². The zero-order valence-electron chi connectivity index (χ0n) is 12.9. The van der Waals surface area contributed by atoms with Gasteiger partial charge in [0.05, 0.1) is 18.5 Å². The van der Waals surface area contributed by atoms with Crippen molar-refractivity contribution in [2.24, 2.45) is 0 Å². The van der Waals surface area contributed by atoms with Crippen molar-refractivity contribution >= 4 is 5.91 Å². The van der Waals surface area contributed by atoms with E-state index in [1.807, 2.05) is 27.9 Å². The molecule has 0 bridgehead atoms. The van der Waals surface area contributed by atoms with Crippen LogP contribution in [0.1, 0.15) is 34.6 Å². The van der Waals surface area contributed by atoms with Crippen molar-refractivity contribution in [1.29, 1.82) is 0 Å². The fourth-order valence-corrected chi connectivity index (χ4v) is 3.04. The number of ether oxygens (including phenoxy) is 1. The minimum absolute atomic E-state index is 0.0448. The standard InChI is InChI=1S/C16H20N4O2/c1-3-20-15-12(8-18-20)9-19(10-13(15)11-22-2)16(21)14-6-4-5-7-17-14/h4-8,13H,3,9-11H2,1-2H3. The van der Waals surface area contributed by atoms with E-state index in [0.717, 1.165) is 12.1 Å². The maximum atomic E-state index is 12.6. The lowest BCUT2D eigenvalue weighted by molar-refractivity contribution is 0.0669. The lowest BCUT2D eigenvalue weighted by atomic mass is 9.96. The highest BCUT2D eigenvalue weighted by Gasteiger charge is 2.32. The number of carbonyl (C=O) groups is 1. The Morgan fingerprint density at radius 1 is 1.45 bits per heavy atom. The number of pyridine rings is 1. The monoisotopic (exact) mass is 300 g/mol. The molecule has 1 amide bonds. The van der Waals surface area contributed by atoms with Crippen LogP contribution in [0.15, 0.2) is 30.6 Å². The second-order valence-corrected chi connectivity index (χ2v) is 5.42. The SMILES string of the molecule is CCn1ncc2c1C(COC)CN(C(=O)c1ccccn1)C2. The topological polar surface area (TPSA) is 60.2 Å². The van der Waals surface area contributed by atoms with Gasteiger partial charge in [-0.1, -0.05) is 6.07 Å². The lowest BCUT2D eigenvalue weighted by Gasteiger charge is -2.33. The van der Waals surface area contributed by atoms with Crippen LogP contribution in [0.25, 0.3) is 0 Å². The van der Waals surface area contributed by atoms with Crippen LogP contribution in [0.2, 0.25) is 0 Å². The van der Waals surface area contributed by atoms with Crippen LogP contribution < -0.4 is 0 Å². The summed E-state index contributed by atoms with van der Waals surface area (Å²) in [6.07, 6.45) is 3.50. The summed E-state index contributed by atoms with van der Waals surface area (Å²) in [6.45, 7) is 4.67. The molecule has 3 heterocycles. The second-order valence-electron chi connectivity index (χ2n) is 5.42. The van der Waals surface area contributed by atoms with E-state index in [1.54, 1.807) is 19.4 Å². The van der Waals surface area contributed by atoms with Gasteiger partial charge in [-0.2, -0.15) is 5.10 Å². The Balaban J connectivity index is 1.89. The largest absolute Gasteiger partial charge is 0.384 e. The van der Waals surface area contributed by atoms with Crippen LogP contribution in [0, 0.1) is 0 Å². The van der Waals surface area contributed by atoms with Crippen molar-refractivity contribution in [3.05, 3.63) is 47.5 Å². The van der Waals surface area contributed by atoms with Gasteiger partial charge in [0.1, 0.15) is 5.69 Å². The van der Waals surface area contributed by atoms with Crippen molar-refractivity contribution in [3.63, 3.8) is 0 Å². The molecule has 1 aliphatic rings. The fourth-order valence-electron chi connectivity index (χ4n) is 3.04. The predicted molar refractivity (Wildman–Crippen MR) is 81.5 cm³/mol. The molecule has 1 aliphatic heterocycles. The Bertz CT molecular complexity index is 653. The van der Waals surface area contributed by atoms with Gasteiger partial charge in [0.15, 0.2) is 0 Å². The highest BCUT2D eigenvalue weighted by atomic mass is 16.5. The maximum Gasteiger partial charge on any atom is 0.272 e. The summed E-state index contributed by atoms with van der Waals surface area (Å²) in [4.78, 5) is 18.6. The van der Waals surface area contributed by atoms with Gasteiger partial charge < -0.3 is 9.64 Å². The Hall–Kier alpha value is -2.21. The van der Waals surface area contributed by atoms with Gasteiger partial charge in [0.2, 0.25) is 0 Å². The van der Waals surface area contributed by atoms with Crippen LogP contribution in [0.3, 0.4) is 0 Å². The normalized spacial score (nSPS) is 17.4. The number of aryl methyl sites for hydroxylation is 1. The highest BCUT2D eigenvalue weighted by molar-refractivity contribution is 5.92. The van der Waals surface area contributed by atoms with E-state index in [4.69, 9.17) is 4.74 Å². The first-order chi connectivity index (χ1) is 10.7. The lowest BCUT2D eigenvalue weighted by Crippen LogP contribution is -2.40. The van der Waals surface area contributed by atoms with Crippen LogP contribution in [-0.4, -0.2) is 45.8 Å². The summed E-state index contributed by atoms with van der Waals surface area (Å²) in [5, 5.41) is 4.42. The maximum absolute atomic E-state index is 12.6. The number of hydrogen-bond acceptors (Lipinski definition) is 4. The minimum atomic E-state index is -0.0448. The predicted octanol–water partition coefficient (Wildman–Crippen LogP) is 1.68. The van der Waals surface area contributed by atoms with Crippen LogP contribution >= 0.6 is 0 Å². The molecule has 22 heavy (non-hydrogen) atoms. The summed E-state index contributed by atoms with van der Waals surface area (Å²) < 4.78 is 7.35. The van der Waals surface area contributed by atoms with Crippen molar-refractivity contribution in [3.8, 4) is 0 Å². The third kappa shape index (κ3) is 2.62. The van der Waals surface area contributed by atoms with Crippen molar-refractivity contribution in [2.45, 2.75) is 25.9 Å². The van der Waals surface area contributed by atoms with Crippen molar-refractivity contribution in [2.75, 3.05) is 20.3 Å². The van der Waals surface area contributed by atoms with Gasteiger partial charge in [-0.05, 0) is 19.1 Å². The minimum Gasteiger partial charge on any atom is -0.384 e. The van der Waals surface area contributed by atoms with E-state index in [-0.39, 0.29) is 11.8 Å². The van der Waals surface area contributed by atoms with Crippen molar-refractivity contribution < 1.29 is 9.53 Å². The van der Waals surface area contributed by atoms with Gasteiger partial charge in [-0.15, -0.1) is 0 Å². The Morgan fingerprint density at radius 3 is 3.00 bits per heavy atom. The van der Waals surface area contributed by atoms with Gasteiger partial charge >= 0.3 is 0 Å². The zero-order chi connectivity index (χ0) is 15.5. The van der Waals surface area contributed by atoms with Gasteiger partial charge in [-0.25, -0.2) is 0 Å². The third-order valence-corrected chi connectivity index (χ3v) is 3.99. The van der Waals surface area contributed by atoms with Crippen LogP contribution in [-0.2, 0) is 17.8 Å². The molecule has 6 nitrogen and oxygen atoms in total. The summed E-state index contributed by atoms with van der Waals surface area (Å²) in [5.74, 6) is 0.0977. The molecule has 0 spiro atoms. The first-order valence-corrected chi connectivity index (χ1v) is 7.48. The number of amides is 1. The van der Waals surface area contributed by atoms with Crippen LogP contribution in [0.4, 0.5) is 0 Å². The molecule has 6 heteroatoms. The molecular weight excluding hydrogens is 280 g/mol. The zero-order valence-corrected chi connectivity index (χ0v) is 12.9. The Kier molecular flexibility index (Phi) is 4.20. The number of hydrogen-bond donors (Lipinski definition) is 0. The quantitative estimate of drug-likeness (QED) is 0.862. The van der Waals surface area contributed by atoms with E-state index < -0.39 is 0 Å². The molecule has 1 unspecified atom stereocenters. The molecule has 1 atom stereocenters. The average Bonchev–Trinajstić information content (AvgIpc) is 2.98. The van der Waals surface area contributed by atoms with E-state index in [2.05, 4.69) is 17.0 Å². The number of aromatic nitrogens is 3. The molecule has 0 aliphatic carbocycles. The van der Waals surface area contributed by atoms with E-state index in [1.165, 1.54) is 5.69 Å². The molecule has 0 N–H and O–H groups in total.